The highest BCUT2D eigenvalue weighted by Crippen LogP contribution is 1.97. The van der Waals surface area contributed by atoms with Crippen LogP contribution in [0.4, 0.5) is 0 Å². The van der Waals surface area contributed by atoms with Crippen LogP contribution in [0.5, 0.6) is 0 Å². The number of aliphatic imine (C=N–C) groups is 1. The van der Waals surface area contributed by atoms with E-state index < -0.39 is 0 Å². The van der Waals surface area contributed by atoms with Gasteiger partial charge in [-0.1, -0.05) is 31.3 Å². The number of aromatic nitrogens is 2. The number of nitrogens with zero attached hydrogens (tertiary/aromatic N) is 3. The fourth-order valence-corrected chi connectivity index (χ4v) is 1.39. The van der Waals surface area contributed by atoms with E-state index in [0.29, 0.717) is 24.2 Å². The van der Waals surface area contributed by atoms with Crippen molar-refractivity contribution in [3.8, 4) is 0 Å². The lowest BCUT2D eigenvalue weighted by atomic mass is 10.2. The second kappa shape index (κ2) is 10.1. The summed E-state index contributed by atoms with van der Waals surface area (Å²) in [6.45, 7) is 5.15. The molecule has 6 nitrogen and oxygen atoms in total. The van der Waals surface area contributed by atoms with Crippen LogP contribution in [0, 0.1) is 6.92 Å². The lowest BCUT2D eigenvalue weighted by molar-refractivity contribution is 0.387. The molecule has 0 amide bonds. The van der Waals surface area contributed by atoms with E-state index in [1.54, 1.807) is 6.92 Å². The van der Waals surface area contributed by atoms with Crippen molar-refractivity contribution in [1.29, 1.82) is 0 Å². The standard InChI is InChI=1S/C11H21N5O.HI/c1-3-4-5-6-7-13-11(12)14-8-10-15-9(2)17-16-10;/h3-8H2,1-2H3,(H3,12,13,14);1H. The van der Waals surface area contributed by atoms with E-state index in [4.69, 9.17) is 10.3 Å². The van der Waals surface area contributed by atoms with Crippen LogP contribution in [0.2, 0.25) is 0 Å². The molecule has 0 unspecified atom stereocenters. The largest absolute Gasteiger partial charge is 0.370 e. The second-order valence-electron chi connectivity index (χ2n) is 3.92. The Morgan fingerprint density at radius 3 is 2.78 bits per heavy atom. The minimum Gasteiger partial charge on any atom is -0.370 e. The summed E-state index contributed by atoms with van der Waals surface area (Å²) in [4.78, 5) is 8.16. The number of hydrogen-bond donors (Lipinski definition) is 2. The third kappa shape index (κ3) is 7.46. The van der Waals surface area contributed by atoms with Gasteiger partial charge in [-0.3, -0.25) is 0 Å². The zero-order valence-corrected chi connectivity index (χ0v) is 13.3. The van der Waals surface area contributed by atoms with Crippen LogP contribution < -0.4 is 11.1 Å². The monoisotopic (exact) mass is 367 g/mol. The van der Waals surface area contributed by atoms with Crippen molar-refractivity contribution < 1.29 is 4.52 Å². The molecule has 0 bridgehead atoms. The number of aryl methyl sites for hydroxylation is 1. The van der Waals surface area contributed by atoms with Gasteiger partial charge in [0, 0.05) is 13.5 Å². The van der Waals surface area contributed by atoms with Gasteiger partial charge in [0.05, 0.1) is 0 Å². The fourth-order valence-electron chi connectivity index (χ4n) is 1.39. The van der Waals surface area contributed by atoms with Crippen LogP contribution in [0.25, 0.3) is 0 Å². The molecule has 18 heavy (non-hydrogen) atoms. The minimum atomic E-state index is 0. The summed E-state index contributed by atoms with van der Waals surface area (Å²) in [6.07, 6.45) is 4.84. The molecule has 1 heterocycles. The van der Waals surface area contributed by atoms with E-state index in [0.717, 1.165) is 13.0 Å². The molecule has 104 valence electrons. The van der Waals surface area contributed by atoms with Crippen molar-refractivity contribution in [3.05, 3.63) is 11.7 Å². The van der Waals surface area contributed by atoms with Gasteiger partial charge in [-0.2, -0.15) is 4.98 Å². The number of halogens is 1. The second-order valence-corrected chi connectivity index (χ2v) is 3.92. The summed E-state index contributed by atoms with van der Waals surface area (Å²) in [5, 5.41) is 6.79. The van der Waals surface area contributed by atoms with Gasteiger partial charge in [0.2, 0.25) is 5.89 Å². The highest BCUT2D eigenvalue weighted by atomic mass is 127. The maximum atomic E-state index is 5.70. The SMILES string of the molecule is CCCCCCNC(N)=NCc1noc(C)n1.I. The number of nitrogens with two attached hydrogens (primary N) is 1. The van der Waals surface area contributed by atoms with Gasteiger partial charge in [0.1, 0.15) is 6.54 Å². The van der Waals surface area contributed by atoms with Crippen LogP contribution in [-0.2, 0) is 6.54 Å². The predicted octanol–water partition coefficient (Wildman–Crippen LogP) is 1.98. The molecular formula is C11H22IN5O. The summed E-state index contributed by atoms with van der Waals surface area (Å²) in [6, 6.07) is 0. The van der Waals surface area contributed by atoms with Gasteiger partial charge in [-0.15, -0.1) is 24.0 Å². The summed E-state index contributed by atoms with van der Waals surface area (Å²) in [5.41, 5.74) is 5.70. The average molecular weight is 367 g/mol. The lowest BCUT2D eigenvalue weighted by Gasteiger charge is -2.04. The van der Waals surface area contributed by atoms with Gasteiger partial charge >= 0.3 is 0 Å². The van der Waals surface area contributed by atoms with Crippen LogP contribution in [-0.4, -0.2) is 22.6 Å². The van der Waals surface area contributed by atoms with Gasteiger partial charge < -0.3 is 15.6 Å². The Kier molecular flexibility index (Phi) is 9.62. The topological polar surface area (TPSA) is 89.3 Å². The van der Waals surface area contributed by atoms with Crippen LogP contribution in [0.15, 0.2) is 9.52 Å². The maximum Gasteiger partial charge on any atom is 0.223 e. The van der Waals surface area contributed by atoms with Crippen molar-refractivity contribution in [2.75, 3.05) is 6.54 Å². The van der Waals surface area contributed by atoms with E-state index in [2.05, 4.69) is 27.4 Å². The molecule has 0 saturated carbocycles. The Hall–Kier alpha value is -0.860. The summed E-state index contributed by atoms with van der Waals surface area (Å²) in [5.74, 6) is 1.53. The molecule has 1 aromatic rings. The molecule has 0 aromatic carbocycles. The molecule has 7 heteroatoms. The first-order valence-electron chi connectivity index (χ1n) is 6.05. The first-order valence-corrected chi connectivity index (χ1v) is 6.05. The Balaban J connectivity index is 0.00000289. The van der Waals surface area contributed by atoms with Gasteiger partial charge in [0.25, 0.3) is 0 Å². The molecule has 0 spiro atoms. The number of nitrogens with one attached hydrogen (secondary N) is 1. The van der Waals surface area contributed by atoms with Crippen molar-refractivity contribution in [3.63, 3.8) is 0 Å². The average Bonchev–Trinajstić information content (AvgIpc) is 2.72. The molecule has 0 saturated heterocycles. The summed E-state index contributed by atoms with van der Waals surface area (Å²) >= 11 is 0. The number of hydrogen-bond acceptors (Lipinski definition) is 4. The Labute approximate surface area is 125 Å². The normalized spacial score (nSPS) is 11.1. The molecule has 0 aliphatic heterocycles. The number of unbranched alkanes of at least 4 members (excludes halogenated alkanes) is 3. The zero-order chi connectivity index (χ0) is 12.5. The Morgan fingerprint density at radius 1 is 1.39 bits per heavy atom. The summed E-state index contributed by atoms with van der Waals surface area (Å²) in [7, 11) is 0. The van der Waals surface area contributed by atoms with E-state index in [-0.39, 0.29) is 24.0 Å². The Bertz CT molecular complexity index is 353. The zero-order valence-electron chi connectivity index (χ0n) is 11.0. The molecule has 0 aliphatic rings. The van der Waals surface area contributed by atoms with Crippen LogP contribution in [0.3, 0.4) is 0 Å². The Morgan fingerprint density at radius 2 is 2.17 bits per heavy atom. The third-order valence-corrected chi connectivity index (χ3v) is 2.30. The molecule has 1 aromatic heterocycles. The number of rotatable bonds is 7. The highest BCUT2D eigenvalue weighted by molar-refractivity contribution is 14.0. The maximum absolute atomic E-state index is 5.70. The van der Waals surface area contributed by atoms with Crippen molar-refractivity contribution in [1.82, 2.24) is 15.5 Å². The molecule has 1 rings (SSSR count). The predicted molar refractivity (Wildman–Crippen MR) is 81.9 cm³/mol. The quantitative estimate of drug-likeness (QED) is 0.333. The van der Waals surface area contributed by atoms with Gasteiger partial charge in [-0.25, -0.2) is 4.99 Å². The summed E-state index contributed by atoms with van der Waals surface area (Å²) < 4.78 is 4.83. The van der Waals surface area contributed by atoms with E-state index >= 15 is 0 Å². The number of guanidine groups is 1. The fraction of sp³-hybridized carbons (Fsp3) is 0.727. The molecule has 0 atom stereocenters. The van der Waals surface area contributed by atoms with Crippen molar-refractivity contribution in [2.24, 2.45) is 10.7 Å². The molecule has 0 radical (unpaired) electrons. The van der Waals surface area contributed by atoms with E-state index in [9.17, 15) is 0 Å². The van der Waals surface area contributed by atoms with Gasteiger partial charge in [-0.05, 0) is 6.42 Å². The van der Waals surface area contributed by atoms with Gasteiger partial charge in [0.15, 0.2) is 11.8 Å². The van der Waals surface area contributed by atoms with E-state index in [1.807, 2.05) is 0 Å². The van der Waals surface area contributed by atoms with Crippen molar-refractivity contribution in [2.45, 2.75) is 46.1 Å². The van der Waals surface area contributed by atoms with Crippen LogP contribution >= 0.6 is 24.0 Å². The van der Waals surface area contributed by atoms with Crippen LogP contribution in [0.1, 0.15) is 44.3 Å². The lowest BCUT2D eigenvalue weighted by Crippen LogP contribution is -2.32. The first kappa shape index (κ1) is 17.1. The molecule has 0 aliphatic carbocycles. The first-order chi connectivity index (χ1) is 8.22. The highest BCUT2D eigenvalue weighted by Gasteiger charge is 2.00. The van der Waals surface area contributed by atoms with Crippen molar-refractivity contribution >= 4 is 29.9 Å². The minimum absolute atomic E-state index is 0. The molecule has 3 N–H and O–H groups in total. The molecule has 0 fully saturated rings. The van der Waals surface area contributed by atoms with E-state index in [1.165, 1.54) is 19.3 Å². The smallest absolute Gasteiger partial charge is 0.223 e. The third-order valence-electron chi connectivity index (χ3n) is 2.30. The molecular weight excluding hydrogens is 345 g/mol.